The van der Waals surface area contributed by atoms with Crippen molar-refractivity contribution in [3.63, 3.8) is 0 Å². The fourth-order valence-corrected chi connectivity index (χ4v) is 9.83. The van der Waals surface area contributed by atoms with Crippen LogP contribution in [-0.4, -0.2) is 45.5 Å². The molecule has 0 aliphatic rings. The summed E-state index contributed by atoms with van der Waals surface area (Å²) in [6.45, 7) is 13.5. The number of rotatable bonds is 15. The third-order valence-electron chi connectivity index (χ3n) is 7.43. The lowest BCUT2D eigenvalue weighted by Gasteiger charge is -2.43. The van der Waals surface area contributed by atoms with E-state index in [1.807, 2.05) is 31.2 Å². The van der Waals surface area contributed by atoms with Crippen LogP contribution in [0.3, 0.4) is 0 Å². The van der Waals surface area contributed by atoms with Crippen molar-refractivity contribution in [3.8, 4) is 0 Å². The van der Waals surface area contributed by atoms with Crippen molar-refractivity contribution in [2.24, 2.45) is 0 Å². The number of ether oxygens (including phenoxy) is 2. The molecule has 0 aromatic heterocycles. The van der Waals surface area contributed by atoms with Crippen molar-refractivity contribution < 1.29 is 19.0 Å². The first-order valence-corrected chi connectivity index (χ1v) is 16.0. The van der Waals surface area contributed by atoms with E-state index in [0.29, 0.717) is 26.1 Å². The van der Waals surface area contributed by atoms with Gasteiger partial charge < -0.3 is 19.0 Å². The molecular weight excluding hydrogens is 512 g/mol. The van der Waals surface area contributed by atoms with Gasteiger partial charge >= 0.3 is 0 Å². The molecule has 1 N–H and O–H groups in total. The second kappa shape index (κ2) is 15.3. The fraction of sp³-hybridized carbons (Fsp3) is 0.371. The molecule has 214 valence electrons. The number of aliphatic hydroxyl groups is 1. The Bertz CT molecular complexity index is 1130. The van der Waals surface area contributed by atoms with Gasteiger partial charge in [-0.2, -0.15) is 0 Å². The van der Waals surface area contributed by atoms with Crippen LogP contribution in [0.5, 0.6) is 0 Å². The van der Waals surface area contributed by atoms with Gasteiger partial charge in [-0.1, -0.05) is 124 Å². The van der Waals surface area contributed by atoms with Gasteiger partial charge in [0.1, 0.15) is 6.10 Å². The van der Waals surface area contributed by atoms with Gasteiger partial charge in [0.15, 0.2) is 0 Å². The first-order valence-electron chi connectivity index (χ1n) is 14.1. The average molecular weight is 559 g/mol. The zero-order valence-electron chi connectivity index (χ0n) is 24.8. The van der Waals surface area contributed by atoms with Crippen LogP contribution in [0, 0.1) is 0 Å². The number of benzene rings is 3. The van der Waals surface area contributed by atoms with Gasteiger partial charge in [0, 0.05) is 13.7 Å². The minimum Gasteiger partial charge on any atom is -0.407 e. The summed E-state index contributed by atoms with van der Waals surface area (Å²) in [5, 5.41) is 12.9. The Kier molecular flexibility index (Phi) is 12.1. The maximum Gasteiger partial charge on any atom is 0.261 e. The molecular formula is C35H46O4Si. The van der Waals surface area contributed by atoms with Crippen LogP contribution in [0.2, 0.25) is 5.04 Å². The monoisotopic (exact) mass is 558 g/mol. The predicted molar refractivity (Wildman–Crippen MR) is 169 cm³/mol. The van der Waals surface area contributed by atoms with Crippen molar-refractivity contribution in [1.29, 1.82) is 0 Å². The minimum atomic E-state index is -2.67. The quantitative estimate of drug-likeness (QED) is 0.172. The Balaban J connectivity index is 1.92. The van der Waals surface area contributed by atoms with E-state index < -0.39 is 14.4 Å². The van der Waals surface area contributed by atoms with Crippen LogP contribution in [0.25, 0.3) is 0 Å². The molecule has 0 saturated heterocycles. The molecule has 4 nitrogen and oxygen atoms in total. The van der Waals surface area contributed by atoms with Crippen LogP contribution in [0.4, 0.5) is 0 Å². The Morgan fingerprint density at radius 1 is 0.900 bits per heavy atom. The zero-order valence-corrected chi connectivity index (χ0v) is 25.8. The fourth-order valence-electron chi connectivity index (χ4n) is 5.25. The van der Waals surface area contributed by atoms with Crippen LogP contribution in [0.15, 0.2) is 115 Å². The normalized spacial score (nSPS) is 14.9. The van der Waals surface area contributed by atoms with Gasteiger partial charge in [0.25, 0.3) is 8.32 Å². The SMILES string of the molecule is C=CC[C@@H](O)/C(C)=C/[C@H](OC)[C@@H](CCO[Si](c1ccccc1)(c1ccccc1)C(C)(C)C)OCc1ccccc1. The van der Waals surface area contributed by atoms with Crippen LogP contribution in [-0.2, 0) is 20.5 Å². The van der Waals surface area contributed by atoms with Crippen LogP contribution in [0.1, 0.15) is 46.1 Å². The third kappa shape index (κ3) is 8.12. The summed E-state index contributed by atoms with van der Waals surface area (Å²) in [5.41, 5.74) is 1.94. The molecule has 3 rings (SSSR count). The Hall–Kier alpha value is -2.80. The van der Waals surface area contributed by atoms with E-state index in [2.05, 4.69) is 100 Å². The van der Waals surface area contributed by atoms with Gasteiger partial charge in [-0.25, -0.2) is 0 Å². The molecule has 0 saturated carbocycles. The number of hydrogen-bond donors (Lipinski definition) is 1. The van der Waals surface area contributed by atoms with Crippen LogP contribution < -0.4 is 10.4 Å². The van der Waals surface area contributed by atoms with Gasteiger partial charge in [-0.05, 0) is 46.3 Å². The molecule has 3 aromatic carbocycles. The number of hydrogen-bond acceptors (Lipinski definition) is 4. The van der Waals surface area contributed by atoms with E-state index in [0.717, 1.165) is 11.1 Å². The second-order valence-corrected chi connectivity index (χ2v) is 15.6. The van der Waals surface area contributed by atoms with Gasteiger partial charge in [-0.3, -0.25) is 0 Å². The van der Waals surface area contributed by atoms with Crippen molar-refractivity contribution >= 4 is 18.7 Å². The van der Waals surface area contributed by atoms with Crippen molar-refractivity contribution in [1.82, 2.24) is 0 Å². The third-order valence-corrected chi connectivity index (χ3v) is 12.5. The van der Waals surface area contributed by atoms with E-state index in [1.54, 1.807) is 13.2 Å². The summed E-state index contributed by atoms with van der Waals surface area (Å²) < 4.78 is 19.6. The van der Waals surface area contributed by atoms with E-state index in [1.165, 1.54) is 10.4 Å². The molecule has 0 aliphatic heterocycles. The highest BCUT2D eigenvalue weighted by Crippen LogP contribution is 2.37. The summed E-state index contributed by atoms with van der Waals surface area (Å²) in [6, 6.07) is 31.5. The molecule has 3 aromatic rings. The molecule has 5 heteroatoms. The summed E-state index contributed by atoms with van der Waals surface area (Å²) in [7, 11) is -0.981. The second-order valence-electron chi connectivity index (χ2n) is 11.3. The highest BCUT2D eigenvalue weighted by molar-refractivity contribution is 6.99. The van der Waals surface area contributed by atoms with Gasteiger partial charge in [0.2, 0.25) is 0 Å². The van der Waals surface area contributed by atoms with Crippen molar-refractivity contribution in [2.45, 2.75) is 70.5 Å². The van der Waals surface area contributed by atoms with E-state index in [4.69, 9.17) is 13.9 Å². The van der Waals surface area contributed by atoms with Crippen LogP contribution >= 0.6 is 0 Å². The van der Waals surface area contributed by atoms with E-state index in [9.17, 15) is 5.11 Å². The zero-order chi connectivity index (χ0) is 29.0. The van der Waals surface area contributed by atoms with Crippen molar-refractivity contribution in [3.05, 3.63) is 121 Å². The predicted octanol–water partition coefficient (Wildman–Crippen LogP) is 6.44. The summed E-state index contributed by atoms with van der Waals surface area (Å²) >= 11 is 0. The molecule has 0 amide bonds. The topological polar surface area (TPSA) is 47.9 Å². The highest BCUT2D eigenvalue weighted by Gasteiger charge is 2.50. The minimum absolute atomic E-state index is 0.109. The Morgan fingerprint density at radius 2 is 1.43 bits per heavy atom. The lowest BCUT2D eigenvalue weighted by molar-refractivity contribution is -0.0528. The largest absolute Gasteiger partial charge is 0.407 e. The smallest absolute Gasteiger partial charge is 0.261 e. The number of aliphatic hydroxyl groups excluding tert-OH is 1. The summed E-state index contributed by atoms with van der Waals surface area (Å²) in [5.74, 6) is 0. The first kappa shape index (κ1) is 31.7. The number of methoxy groups -OCH3 is 1. The van der Waals surface area contributed by atoms with E-state index in [-0.39, 0.29) is 17.2 Å². The molecule has 0 spiro atoms. The molecule has 0 aliphatic carbocycles. The maximum atomic E-state index is 10.5. The van der Waals surface area contributed by atoms with Crippen molar-refractivity contribution in [2.75, 3.05) is 13.7 Å². The average Bonchev–Trinajstić information content (AvgIpc) is 2.96. The molecule has 40 heavy (non-hydrogen) atoms. The lowest BCUT2D eigenvalue weighted by Crippen LogP contribution is -2.66. The first-order chi connectivity index (χ1) is 19.2. The Morgan fingerprint density at radius 3 is 1.90 bits per heavy atom. The standard InChI is InChI=1S/C35H46O4Si/c1-7-17-32(36)28(2)26-34(37-6)33(38-27-29-18-11-8-12-19-29)24-25-39-40(35(3,4)5,30-20-13-9-14-21-30)31-22-15-10-16-23-31/h7-16,18-23,26,32-34,36H,1,17,24-25,27H2,2-6H3/b28-26+/t32-,33-,34+/m1/s1. The van der Waals surface area contributed by atoms with E-state index >= 15 is 0 Å². The molecule has 0 bridgehead atoms. The lowest BCUT2D eigenvalue weighted by atomic mass is 10.0. The molecule has 0 radical (unpaired) electrons. The molecule has 3 atom stereocenters. The van der Waals surface area contributed by atoms with Gasteiger partial charge in [0.05, 0.1) is 18.8 Å². The Labute approximate surface area is 242 Å². The maximum absolute atomic E-state index is 10.5. The molecule has 0 unspecified atom stereocenters. The molecule has 0 heterocycles. The van der Waals surface area contributed by atoms with Gasteiger partial charge in [-0.15, -0.1) is 6.58 Å². The highest BCUT2D eigenvalue weighted by atomic mass is 28.4. The summed E-state index contributed by atoms with van der Waals surface area (Å²) in [4.78, 5) is 0. The molecule has 0 fully saturated rings. The summed E-state index contributed by atoms with van der Waals surface area (Å²) in [6.07, 6.45) is 3.62.